The van der Waals surface area contributed by atoms with Crippen molar-refractivity contribution in [2.45, 2.75) is 4.90 Å². The second-order valence-electron chi connectivity index (χ2n) is 2.12. The van der Waals surface area contributed by atoms with Gasteiger partial charge in [-0.15, -0.1) is 0 Å². The molecule has 0 bridgehead atoms. The van der Waals surface area contributed by atoms with E-state index in [1.165, 1.54) is 12.1 Å². The minimum atomic E-state index is -4.01. The Morgan fingerprint density at radius 2 is 1.64 bits per heavy atom. The SMILES string of the molecule is O=S(=O)(O)c1cc[c]([Zn])cc1. The van der Waals surface area contributed by atoms with Gasteiger partial charge in [0.25, 0.3) is 0 Å². The van der Waals surface area contributed by atoms with E-state index in [9.17, 15) is 8.42 Å². The third-order valence-corrected chi connectivity index (χ3v) is 3.08. The van der Waals surface area contributed by atoms with Gasteiger partial charge in [-0.05, 0) is 0 Å². The number of hydrogen-bond acceptors (Lipinski definition) is 2. The van der Waals surface area contributed by atoms with Crippen molar-refractivity contribution in [3.8, 4) is 0 Å². The topological polar surface area (TPSA) is 54.4 Å². The molecule has 0 aliphatic rings. The van der Waals surface area contributed by atoms with Crippen LogP contribution in [0.25, 0.3) is 0 Å². The molecule has 0 spiro atoms. The molecule has 1 rings (SSSR count). The fourth-order valence-corrected chi connectivity index (χ4v) is 1.64. The van der Waals surface area contributed by atoms with Crippen LogP contribution in [0.2, 0.25) is 0 Å². The van der Waals surface area contributed by atoms with Crippen LogP contribution in [0.4, 0.5) is 0 Å². The van der Waals surface area contributed by atoms with Crippen LogP contribution in [0.15, 0.2) is 29.2 Å². The van der Waals surface area contributed by atoms with Gasteiger partial charge < -0.3 is 0 Å². The van der Waals surface area contributed by atoms with Crippen LogP contribution in [-0.2, 0) is 28.4 Å². The molecule has 0 radical (unpaired) electrons. The van der Waals surface area contributed by atoms with Crippen molar-refractivity contribution in [3.63, 3.8) is 0 Å². The zero-order valence-electron chi connectivity index (χ0n) is 5.69. The number of hydrogen-bond donors (Lipinski definition) is 1. The molecular weight excluding hydrogens is 218 g/mol. The normalized spacial score (nSPS) is 11.5. The van der Waals surface area contributed by atoms with Crippen LogP contribution < -0.4 is 4.16 Å². The molecule has 0 aliphatic carbocycles. The predicted molar refractivity (Wildman–Crippen MR) is 35.9 cm³/mol. The van der Waals surface area contributed by atoms with Gasteiger partial charge >= 0.3 is 74.7 Å². The molecule has 0 unspecified atom stereocenters. The molecule has 0 amide bonds. The van der Waals surface area contributed by atoms with Crippen LogP contribution in [0, 0.1) is 0 Å². The molecular formula is C6H5O3SZn. The molecule has 0 atom stereocenters. The zero-order chi connectivity index (χ0) is 8.48. The first-order valence-electron chi connectivity index (χ1n) is 2.89. The van der Waals surface area contributed by atoms with Gasteiger partial charge in [-0.3, -0.25) is 0 Å². The first-order valence-corrected chi connectivity index (χ1v) is 5.82. The molecule has 0 heterocycles. The van der Waals surface area contributed by atoms with Gasteiger partial charge in [0.15, 0.2) is 0 Å². The van der Waals surface area contributed by atoms with Crippen LogP contribution in [0.1, 0.15) is 0 Å². The van der Waals surface area contributed by atoms with Crippen LogP contribution in [0.3, 0.4) is 0 Å². The molecule has 1 aromatic rings. The Morgan fingerprint density at radius 3 is 2.00 bits per heavy atom. The third-order valence-electron chi connectivity index (χ3n) is 1.22. The predicted octanol–water partition coefficient (Wildman–Crippen LogP) is 0.105. The van der Waals surface area contributed by atoms with Gasteiger partial charge in [0.05, 0.1) is 0 Å². The summed E-state index contributed by atoms with van der Waals surface area (Å²) in [5.74, 6) is 0. The van der Waals surface area contributed by atoms with Crippen LogP contribution in [-0.4, -0.2) is 13.0 Å². The average Bonchev–Trinajstić information content (AvgIpc) is 1.86. The maximum absolute atomic E-state index is 10.5. The Kier molecular flexibility index (Phi) is 2.42. The Hall–Kier alpha value is -0.247. The summed E-state index contributed by atoms with van der Waals surface area (Å²) in [6, 6.07) is 6.16. The summed E-state index contributed by atoms with van der Waals surface area (Å²) in [5.41, 5.74) is 0. The van der Waals surface area contributed by atoms with E-state index in [0.29, 0.717) is 0 Å². The second kappa shape index (κ2) is 3.01. The van der Waals surface area contributed by atoms with Crippen LogP contribution >= 0.6 is 0 Å². The van der Waals surface area contributed by atoms with E-state index < -0.39 is 10.1 Å². The monoisotopic (exact) mass is 221 g/mol. The van der Waals surface area contributed by atoms with Crippen molar-refractivity contribution in [1.29, 1.82) is 0 Å². The maximum atomic E-state index is 10.5. The van der Waals surface area contributed by atoms with E-state index in [1.807, 2.05) is 0 Å². The van der Waals surface area contributed by atoms with Crippen molar-refractivity contribution in [1.82, 2.24) is 0 Å². The average molecular weight is 223 g/mol. The molecule has 5 heteroatoms. The summed E-state index contributed by atoms with van der Waals surface area (Å²) in [7, 11) is -4.01. The van der Waals surface area contributed by atoms with Crippen molar-refractivity contribution < 1.29 is 31.3 Å². The second-order valence-corrected chi connectivity index (χ2v) is 5.25. The van der Waals surface area contributed by atoms with Gasteiger partial charge in [-0.2, -0.15) is 0 Å². The third kappa shape index (κ3) is 2.36. The summed E-state index contributed by atoms with van der Waals surface area (Å²) in [4.78, 5) is -0.0466. The first-order chi connectivity index (χ1) is 5.00. The molecule has 0 fully saturated rings. The van der Waals surface area contributed by atoms with Crippen molar-refractivity contribution in [2.75, 3.05) is 0 Å². The molecule has 1 aromatic carbocycles. The molecule has 55 valence electrons. The molecule has 1 N–H and O–H groups in total. The quantitative estimate of drug-likeness (QED) is 0.542. The molecule has 3 nitrogen and oxygen atoms in total. The Balaban J connectivity index is 3.20. The Labute approximate surface area is 74.9 Å². The van der Waals surface area contributed by atoms with Crippen molar-refractivity contribution >= 4 is 14.3 Å². The first kappa shape index (κ1) is 8.85. The zero-order valence-corrected chi connectivity index (χ0v) is 9.47. The molecule has 0 saturated carbocycles. The standard InChI is InChI=1S/C6H5O3S.Zn/c7-10(8,9)6-4-2-1-3-5-6;/h2-5H,(H,7,8,9);. The van der Waals surface area contributed by atoms with E-state index in [0.717, 1.165) is 22.5 Å². The van der Waals surface area contributed by atoms with E-state index in [1.54, 1.807) is 12.1 Å². The summed E-state index contributed by atoms with van der Waals surface area (Å²) in [5, 5.41) is 0. The van der Waals surface area contributed by atoms with Gasteiger partial charge in [-0.1, -0.05) is 0 Å². The van der Waals surface area contributed by atoms with Gasteiger partial charge in [0.2, 0.25) is 0 Å². The Bertz CT molecular complexity index is 341. The molecule has 0 aliphatic heterocycles. The van der Waals surface area contributed by atoms with E-state index in [4.69, 9.17) is 4.55 Å². The number of benzene rings is 1. The summed E-state index contributed by atoms with van der Waals surface area (Å²) < 4.78 is 30.7. The summed E-state index contributed by atoms with van der Waals surface area (Å²) >= 11 is 0.978. The summed E-state index contributed by atoms with van der Waals surface area (Å²) in [6.45, 7) is 0. The Morgan fingerprint density at radius 1 is 1.18 bits per heavy atom. The fourth-order valence-electron chi connectivity index (χ4n) is 0.661. The van der Waals surface area contributed by atoms with Crippen molar-refractivity contribution in [2.24, 2.45) is 0 Å². The molecule has 11 heavy (non-hydrogen) atoms. The minimum absolute atomic E-state index is 0.0466. The van der Waals surface area contributed by atoms with Crippen LogP contribution in [0.5, 0.6) is 0 Å². The summed E-state index contributed by atoms with van der Waals surface area (Å²) in [6.07, 6.45) is 0. The van der Waals surface area contributed by atoms with Crippen molar-refractivity contribution in [3.05, 3.63) is 24.3 Å². The van der Waals surface area contributed by atoms with Gasteiger partial charge in [0, 0.05) is 0 Å². The molecule has 0 aromatic heterocycles. The van der Waals surface area contributed by atoms with Gasteiger partial charge in [0.1, 0.15) is 0 Å². The van der Waals surface area contributed by atoms with E-state index in [2.05, 4.69) is 0 Å². The number of rotatable bonds is 1. The van der Waals surface area contributed by atoms with Gasteiger partial charge in [-0.25, -0.2) is 0 Å². The fraction of sp³-hybridized carbons (Fsp3) is 0. The van der Waals surface area contributed by atoms with E-state index >= 15 is 0 Å². The van der Waals surface area contributed by atoms with E-state index in [-0.39, 0.29) is 4.90 Å². The molecule has 0 saturated heterocycles.